The number of phenols is 25. The number of ether oxygens (including phenoxy) is 12. The molecule has 1 heterocycles. The molecule has 11 aromatic carbocycles. The van der Waals surface area contributed by atoms with Crippen LogP contribution >= 0.6 is 0 Å². The number of aromatic hydroxyl groups is 25. The van der Waals surface area contributed by atoms with Crippen molar-refractivity contribution in [3.63, 3.8) is 0 Å². The molecule has 13 rings (SSSR count). The second-order valence-corrected chi connectivity index (χ2v) is 31.0. The lowest BCUT2D eigenvalue weighted by molar-refractivity contribution is -0.282. The van der Waals surface area contributed by atoms with Crippen molar-refractivity contribution in [2.24, 2.45) is 5.92 Å². The van der Waals surface area contributed by atoms with E-state index in [4.69, 9.17) is 56.8 Å². The molecule has 11 aromatic rings. The molecule has 7 atom stereocenters. The van der Waals surface area contributed by atoms with Crippen molar-refractivity contribution >= 4 is 59.7 Å². The van der Waals surface area contributed by atoms with Crippen LogP contribution in [0, 0.1) is 5.92 Å². The Labute approximate surface area is 786 Å². The van der Waals surface area contributed by atoms with Crippen LogP contribution in [0.4, 0.5) is 0 Å². The van der Waals surface area contributed by atoms with Gasteiger partial charge in [0.25, 0.3) is 0 Å². The SMILES string of the molecule is COc1cccc([C@@]2(O)CCCC[C@@H]2CN(C)C)c1.O=C(OC[C@H]1O[C@@H](OC(=O)c2cc(O)c(O)c(OC(=O)c3cc(O)c(O)c(O)c3)c2)[C@H](OC(=O)c2cc(O)c(O)c(OC(=O)c3cc(O)c(O)c(O)c3)c2)[C@@H](OC(=O)c2cc(O)c(O)c(OC(=O)c3cc(O)c(O)c(O)c3)c2)[C@@H]1OC(=O)c1cc(O)c(O)c(OC(=O)c2cc(O)c(O)c(O)c2)c1)c1cc(O)c(O)c(OC(=O)c2cc(O)c(O)c(O)c2)c1. The van der Waals surface area contributed by atoms with Crippen molar-refractivity contribution in [3.05, 3.63) is 207 Å². The summed E-state index contributed by atoms with van der Waals surface area (Å²) in [5.41, 5.74) is -9.60. The van der Waals surface area contributed by atoms with Crippen molar-refractivity contribution in [1.82, 2.24) is 4.90 Å². The molecule has 1 aliphatic heterocycles. The Morgan fingerprint density at radius 3 is 0.851 bits per heavy atom. The summed E-state index contributed by atoms with van der Waals surface area (Å²) in [5, 5.41) is 272. The summed E-state index contributed by atoms with van der Waals surface area (Å²) in [4.78, 5) is 145. The zero-order valence-electron chi connectivity index (χ0n) is 72.1. The zero-order chi connectivity index (χ0) is 103. The first kappa shape index (κ1) is 101. The Hall–Kier alpha value is -19.2. The van der Waals surface area contributed by atoms with Gasteiger partial charge in [-0.2, -0.15) is 0 Å². The number of methoxy groups -OCH3 is 1. The highest BCUT2D eigenvalue weighted by Crippen LogP contribution is 2.50. The summed E-state index contributed by atoms with van der Waals surface area (Å²) in [6.45, 7) is -0.784. The number of rotatable bonds is 25. The van der Waals surface area contributed by atoms with Gasteiger partial charge in [0.1, 0.15) is 18.5 Å². The van der Waals surface area contributed by atoms with Crippen LogP contribution in [0.15, 0.2) is 146 Å². The number of hydrogen-bond acceptors (Lipinski definition) is 49. The smallest absolute Gasteiger partial charge is 0.343 e. The number of carbonyl (C=O) groups excluding carboxylic acids is 10. The molecular weight excluding hydrogens is 1890 g/mol. The minimum atomic E-state index is -3.12. The molecule has 0 aromatic heterocycles. The van der Waals surface area contributed by atoms with Gasteiger partial charge in [0.15, 0.2) is 156 Å². The second kappa shape index (κ2) is 40.9. The van der Waals surface area contributed by atoms with Crippen molar-refractivity contribution in [2.45, 2.75) is 62.0 Å². The molecule has 0 radical (unpaired) electrons. The summed E-state index contributed by atoms with van der Waals surface area (Å²) in [7, 11) is 5.81. The van der Waals surface area contributed by atoms with Gasteiger partial charge in [0.2, 0.25) is 41.1 Å². The van der Waals surface area contributed by atoms with Crippen molar-refractivity contribution in [1.29, 1.82) is 0 Å². The molecule has 141 heavy (non-hydrogen) atoms. The van der Waals surface area contributed by atoms with E-state index in [0.717, 1.165) is 37.1 Å². The number of nitrogens with zero attached hydrogens (tertiary/aromatic N) is 1. The van der Waals surface area contributed by atoms with Gasteiger partial charge in [-0.05, 0) is 166 Å². The van der Waals surface area contributed by atoms with Crippen LogP contribution in [0.5, 0.6) is 178 Å². The minimum Gasteiger partial charge on any atom is -0.504 e. The fraction of sp³-hybridized carbons (Fsp3) is 0.174. The number of esters is 10. The first-order valence-electron chi connectivity index (χ1n) is 40.3. The molecule has 49 nitrogen and oxygen atoms in total. The van der Waals surface area contributed by atoms with Crippen LogP contribution in [-0.4, -0.2) is 262 Å². The van der Waals surface area contributed by atoms with Gasteiger partial charge in [-0.15, -0.1) is 0 Å². The number of benzene rings is 11. The van der Waals surface area contributed by atoms with E-state index in [9.17, 15) is 166 Å². The third kappa shape index (κ3) is 22.1. The molecule has 2 fully saturated rings. The summed E-state index contributed by atoms with van der Waals surface area (Å²) in [6.07, 6.45) is -10.8. The molecule has 0 amide bonds. The molecule has 1 saturated carbocycles. The van der Waals surface area contributed by atoms with E-state index in [0.29, 0.717) is 127 Å². The quantitative estimate of drug-likeness (QED) is 0.0114. The van der Waals surface area contributed by atoms with Crippen molar-refractivity contribution in [3.8, 4) is 178 Å². The van der Waals surface area contributed by atoms with Crippen LogP contribution < -0.4 is 28.4 Å². The van der Waals surface area contributed by atoms with Gasteiger partial charge >= 0.3 is 59.7 Å². The van der Waals surface area contributed by atoms with Crippen LogP contribution in [0.25, 0.3) is 0 Å². The number of phenolic OH excluding ortho intramolecular Hbond substituents is 25. The number of aliphatic hydroxyl groups is 1. The maximum atomic E-state index is 15.3. The maximum absolute atomic E-state index is 15.3. The van der Waals surface area contributed by atoms with Crippen LogP contribution in [0.1, 0.15) is 135 Å². The van der Waals surface area contributed by atoms with E-state index in [-0.39, 0.29) is 0 Å². The average Bonchev–Trinajstić information content (AvgIpc) is 0.765. The third-order valence-corrected chi connectivity index (χ3v) is 21.1. The van der Waals surface area contributed by atoms with Crippen LogP contribution in [0.3, 0.4) is 0 Å². The molecule has 1 saturated heterocycles. The molecule has 0 unspecified atom stereocenters. The molecule has 1 aliphatic carbocycles. The van der Waals surface area contributed by atoms with E-state index in [1.165, 1.54) is 6.42 Å². The van der Waals surface area contributed by atoms with Gasteiger partial charge in [0, 0.05) is 12.5 Å². The van der Waals surface area contributed by atoms with Crippen molar-refractivity contribution in [2.75, 3.05) is 34.4 Å². The highest BCUT2D eigenvalue weighted by Gasteiger charge is 2.56. The standard InChI is InChI=1S/C76H52O46.C16H25NO2/c77-32-1-22(2-33(78)53(32)92)67(103)113-47-16-27(11-42(87)58(47)97)66(102)112-21-52-63(119-72(108)28-12-43(88)59(98)48(17-28)114-68(104)23-3-34(79)54(93)35(80)4-23)64(120-73(109)29-13-44(89)60(99)49(18-29)115-69(105)24-5-36(81)55(94)37(82)6-24)65(121-74(110)30-14-45(90)61(100)50(19-30)116-70(106)25-7-38(83)56(95)39(84)8-25)76(118-52)122-75(111)31-15-46(91)62(101)51(20-31)117-71(107)26-9-40(85)57(96)41(86)10-26;1-17(2)12-14-7-4-5-10-16(14,18)13-8-6-9-15(11-13)19-3/h1-20,52,63-65,76-101H,21H2;6,8-9,11,14,18H,4-5,7,10,12H2,1-3H3/t52-,63-,64+,65-,76+;14-,16+/m11/s1. The Morgan fingerprint density at radius 1 is 0.312 bits per heavy atom. The fourth-order valence-electron chi connectivity index (χ4n) is 14.0. The lowest BCUT2D eigenvalue weighted by Crippen LogP contribution is -2.63. The topological polar surface area (TPSA) is 811 Å². The first-order valence-corrected chi connectivity index (χ1v) is 40.3. The average molecular weight is 1960 g/mol. The van der Waals surface area contributed by atoms with Gasteiger partial charge < -0.3 is 195 Å². The summed E-state index contributed by atoms with van der Waals surface area (Å²) in [5.74, 6) is -54.9. The first-order chi connectivity index (χ1) is 66.4. The van der Waals surface area contributed by atoms with Crippen LogP contribution in [-0.2, 0) is 34.0 Å². The Balaban J connectivity index is 0.000000831. The molecule has 26 N–H and O–H groups in total. The van der Waals surface area contributed by atoms with E-state index >= 15 is 14.4 Å². The summed E-state index contributed by atoms with van der Waals surface area (Å²) < 4.78 is 65.7. The normalized spacial score (nSPS) is 16.4. The van der Waals surface area contributed by atoms with Gasteiger partial charge in [-0.25, -0.2) is 47.9 Å². The maximum Gasteiger partial charge on any atom is 0.343 e. The van der Waals surface area contributed by atoms with Gasteiger partial charge in [-0.1, -0.05) is 25.0 Å². The predicted molar refractivity (Wildman–Crippen MR) is 460 cm³/mol. The van der Waals surface area contributed by atoms with Gasteiger partial charge in [-0.3, -0.25) is 0 Å². The third-order valence-electron chi connectivity index (χ3n) is 21.1. The number of hydrogen-bond donors (Lipinski definition) is 26. The van der Waals surface area contributed by atoms with E-state index in [1.54, 1.807) is 7.11 Å². The van der Waals surface area contributed by atoms with E-state index < -0.39 is 331 Å². The zero-order valence-corrected chi connectivity index (χ0v) is 72.1. The van der Waals surface area contributed by atoms with Crippen LogP contribution in [0.2, 0.25) is 0 Å². The predicted octanol–water partition coefficient (Wildman–Crippen LogP) is 7.47. The molecule has 2 aliphatic rings. The van der Waals surface area contributed by atoms with Gasteiger partial charge in [0.05, 0.1) is 68.3 Å². The number of carbonyl (C=O) groups is 10. The summed E-state index contributed by atoms with van der Waals surface area (Å²) >= 11 is 0. The Bertz CT molecular complexity index is 6770. The largest absolute Gasteiger partial charge is 0.504 e. The lowest BCUT2D eigenvalue weighted by atomic mass is 9.71. The molecule has 0 bridgehead atoms. The second-order valence-electron chi connectivity index (χ2n) is 31.0. The summed E-state index contributed by atoms with van der Waals surface area (Å²) in [6, 6.07) is 16.5. The minimum absolute atomic E-state index is 0.295. The van der Waals surface area contributed by atoms with E-state index in [2.05, 4.69) is 19.0 Å². The Kier molecular flexibility index (Phi) is 29.3. The Morgan fingerprint density at radius 2 is 0.567 bits per heavy atom. The highest BCUT2D eigenvalue weighted by atomic mass is 16.8. The lowest BCUT2D eigenvalue weighted by Gasteiger charge is -2.43. The molecule has 0 spiro atoms. The van der Waals surface area contributed by atoms with Crippen molar-refractivity contribution < 1.29 is 238 Å². The fourth-order valence-corrected chi connectivity index (χ4v) is 14.0. The molecule has 738 valence electrons. The molecule has 49 heteroatoms. The monoisotopic (exact) mass is 1960 g/mol. The highest BCUT2D eigenvalue weighted by molar-refractivity contribution is 6.00. The van der Waals surface area contributed by atoms with E-state index in [1.807, 2.05) is 24.3 Å². The molecular formula is C92H77NO48.